The molecule has 0 aliphatic heterocycles. The maximum atomic E-state index is 12.6. The standard InChI is InChI=1S/C19H21Cl2N3O5S/c1-4-24(5-2)30(27,28)14-8-6-7-13(9-14)19(26)29-11-16(25)23-18-17(21)12(3)15(20)10-22-18/h6-10H,4-5,11H2,1-3H3,(H,22,23,25). The number of halogens is 2. The SMILES string of the molecule is CCN(CC)S(=O)(=O)c1cccc(C(=O)OCC(=O)Nc2ncc(Cl)c(C)c2Cl)c1. The smallest absolute Gasteiger partial charge is 0.338 e. The van der Waals surface area contributed by atoms with E-state index in [0.717, 1.165) is 0 Å². The van der Waals surface area contributed by atoms with Crippen LogP contribution in [0.4, 0.5) is 5.82 Å². The van der Waals surface area contributed by atoms with Crippen LogP contribution in [0.1, 0.15) is 29.8 Å². The summed E-state index contributed by atoms with van der Waals surface area (Å²) in [5.41, 5.74) is 0.557. The van der Waals surface area contributed by atoms with Gasteiger partial charge >= 0.3 is 5.97 Å². The number of hydrogen-bond donors (Lipinski definition) is 1. The van der Waals surface area contributed by atoms with E-state index in [1.807, 2.05) is 0 Å². The van der Waals surface area contributed by atoms with Crippen LogP contribution in [0.25, 0.3) is 0 Å². The quantitative estimate of drug-likeness (QED) is 0.587. The molecule has 1 N–H and O–H groups in total. The highest BCUT2D eigenvalue weighted by Gasteiger charge is 2.23. The third-order valence-electron chi connectivity index (χ3n) is 4.21. The molecular formula is C19H21Cl2N3O5S. The number of carbonyl (C=O) groups is 2. The fraction of sp³-hybridized carbons (Fsp3) is 0.316. The Bertz CT molecular complexity index is 1060. The summed E-state index contributed by atoms with van der Waals surface area (Å²) in [6, 6.07) is 5.46. The van der Waals surface area contributed by atoms with Gasteiger partial charge in [0.25, 0.3) is 5.91 Å². The monoisotopic (exact) mass is 473 g/mol. The van der Waals surface area contributed by atoms with Crippen LogP contribution in [0.5, 0.6) is 0 Å². The first-order chi connectivity index (χ1) is 14.1. The fourth-order valence-corrected chi connectivity index (χ4v) is 4.42. The van der Waals surface area contributed by atoms with Crippen LogP contribution in [0, 0.1) is 6.92 Å². The van der Waals surface area contributed by atoms with Crippen molar-refractivity contribution in [2.24, 2.45) is 0 Å². The normalized spacial score (nSPS) is 11.4. The number of nitrogens with zero attached hydrogens (tertiary/aromatic N) is 2. The Hall–Kier alpha value is -2.20. The number of nitrogens with one attached hydrogen (secondary N) is 1. The van der Waals surface area contributed by atoms with Gasteiger partial charge in [0.2, 0.25) is 10.0 Å². The number of pyridine rings is 1. The topological polar surface area (TPSA) is 106 Å². The Morgan fingerprint density at radius 1 is 1.20 bits per heavy atom. The molecule has 0 unspecified atom stereocenters. The minimum Gasteiger partial charge on any atom is -0.452 e. The number of sulfonamides is 1. The van der Waals surface area contributed by atoms with E-state index in [0.29, 0.717) is 23.7 Å². The highest BCUT2D eigenvalue weighted by Crippen LogP contribution is 2.28. The lowest BCUT2D eigenvalue weighted by Gasteiger charge is -2.18. The second kappa shape index (κ2) is 10.2. The molecule has 0 fully saturated rings. The van der Waals surface area contributed by atoms with Crippen molar-refractivity contribution in [3.05, 3.63) is 51.6 Å². The van der Waals surface area contributed by atoms with Crippen LogP contribution in [0.3, 0.4) is 0 Å². The minimum atomic E-state index is -3.73. The largest absolute Gasteiger partial charge is 0.452 e. The first kappa shape index (κ1) is 24.1. The van der Waals surface area contributed by atoms with Crippen LogP contribution in [0.15, 0.2) is 35.4 Å². The van der Waals surface area contributed by atoms with Crippen molar-refractivity contribution in [2.75, 3.05) is 25.0 Å². The molecule has 1 aromatic carbocycles. The summed E-state index contributed by atoms with van der Waals surface area (Å²) >= 11 is 12.0. The Morgan fingerprint density at radius 2 is 1.87 bits per heavy atom. The van der Waals surface area contributed by atoms with Gasteiger partial charge in [-0.2, -0.15) is 4.31 Å². The molecule has 0 atom stereocenters. The Kier molecular flexibility index (Phi) is 8.19. The number of benzene rings is 1. The number of carbonyl (C=O) groups excluding carboxylic acids is 2. The molecule has 1 heterocycles. The van der Waals surface area contributed by atoms with Crippen LogP contribution in [0.2, 0.25) is 10.0 Å². The van der Waals surface area contributed by atoms with Crippen molar-refractivity contribution < 1.29 is 22.7 Å². The maximum absolute atomic E-state index is 12.6. The lowest BCUT2D eigenvalue weighted by atomic mass is 10.2. The van der Waals surface area contributed by atoms with Gasteiger partial charge < -0.3 is 10.1 Å². The van der Waals surface area contributed by atoms with Gasteiger partial charge in [0.1, 0.15) is 0 Å². The average Bonchev–Trinajstić information content (AvgIpc) is 2.73. The molecule has 0 saturated heterocycles. The van der Waals surface area contributed by atoms with E-state index in [-0.39, 0.29) is 21.3 Å². The summed E-state index contributed by atoms with van der Waals surface area (Å²) in [5.74, 6) is -1.41. The second-order valence-corrected chi connectivity index (χ2v) is 8.86. The Balaban J connectivity index is 2.07. The van der Waals surface area contributed by atoms with Crippen LogP contribution < -0.4 is 5.32 Å². The first-order valence-electron chi connectivity index (χ1n) is 8.99. The van der Waals surface area contributed by atoms with Gasteiger partial charge in [0.15, 0.2) is 12.4 Å². The zero-order chi connectivity index (χ0) is 22.5. The second-order valence-electron chi connectivity index (χ2n) is 6.14. The number of hydrogen-bond acceptors (Lipinski definition) is 6. The molecule has 11 heteroatoms. The first-order valence-corrected chi connectivity index (χ1v) is 11.2. The van der Waals surface area contributed by atoms with Crippen molar-refractivity contribution in [1.29, 1.82) is 0 Å². The molecule has 0 aliphatic carbocycles. The summed E-state index contributed by atoms with van der Waals surface area (Å²) in [7, 11) is -3.73. The molecule has 8 nitrogen and oxygen atoms in total. The molecule has 162 valence electrons. The van der Waals surface area contributed by atoms with Crippen molar-refractivity contribution in [2.45, 2.75) is 25.7 Å². The number of ether oxygens (including phenoxy) is 1. The molecule has 0 saturated carbocycles. The zero-order valence-electron chi connectivity index (χ0n) is 16.6. The molecule has 0 aliphatic rings. The summed E-state index contributed by atoms with van der Waals surface area (Å²) in [5, 5.41) is 2.96. The fourth-order valence-electron chi connectivity index (χ4n) is 2.52. The van der Waals surface area contributed by atoms with Gasteiger partial charge in [-0.15, -0.1) is 0 Å². The highest BCUT2D eigenvalue weighted by atomic mass is 35.5. The Labute approximate surface area is 185 Å². The predicted octanol–water partition coefficient (Wildman–Crippen LogP) is 3.52. The number of esters is 1. The summed E-state index contributed by atoms with van der Waals surface area (Å²) in [6.07, 6.45) is 1.34. The predicted molar refractivity (Wildman–Crippen MR) is 114 cm³/mol. The van der Waals surface area contributed by atoms with Crippen LogP contribution in [-0.2, 0) is 19.6 Å². The van der Waals surface area contributed by atoms with Gasteiger partial charge in [-0.05, 0) is 30.7 Å². The van der Waals surface area contributed by atoms with Crippen LogP contribution in [-0.4, -0.2) is 49.3 Å². The summed E-state index contributed by atoms with van der Waals surface area (Å²) in [6.45, 7) is 5.11. The van der Waals surface area contributed by atoms with E-state index in [4.69, 9.17) is 27.9 Å². The Morgan fingerprint density at radius 3 is 2.50 bits per heavy atom. The van der Waals surface area contributed by atoms with Gasteiger partial charge in [-0.1, -0.05) is 43.1 Å². The van der Waals surface area contributed by atoms with E-state index in [9.17, 15) is 18.0 Å². The number of anilines is 1. The molecule has 2 aromatic rings. The van der Waals surface area contributed by atoms with E-state index in [2.05, 4.69) is 10.3 Å². The molecule has 0 bridgehead atoms. The summed E-state index contributed by atoms with van der Waals surface area (Å²) < 4.78 is 31.5. The van der Waals surface area contributed by atoms with Crippen molar-refractivity contribution >= 4 is 50.9 Å². The number of rotatable bonds is 8. The molecule has 2 rings (SSSR count). The van der Waals surface area contributed by atoms with Gasteiger partial charge in [-0.3, -0.25) is 4.79 Å². The highest BCUT2D eigenvalue weighted by molar-refractivity contribution is 7.89. The van der Waals surface area contributed by atoms with E-state index < -0.39 is 28.5 Å². The van der Waals surface area contributed by atoms with Crippen molar-refractivity contribution in [3.63, 3.8) is 0 Å². The summed E-state index contributed by atoms with van der Waals surface area (Å²) in [4.78, 5) is 28.3. The lowest BCUT2D eigenvalue weighted by Crippen LogP contribution is -2.30. The number of aromatic nitrogens is 1. The van der Waals surface area contributed by atoms with Gasteiger partial charge in [-0.25, -0.2) is 18.2 Å². The number of amides is 1. The minimum absolute atomic E-state index is 0.00882. The van der Waals surface area contributed by atoms with Gasteiger partial charge in [0.05, 0.1) is 20.5 Å². The molecule has 1 aromatic heterocycles. The van der Waals surface area contributed by atoms with Crippen molar-refractivity contribution in [1.82, 2.24) is 9.29 Å². The molecule has 0 spiro atoms. The zero-order valence-corrected chi connectivity index (χ0v) is 18.9. The molecule has 0 radical (unpaired) electrons. The molecular weight excluding hydrogens is 453 g/mol. The maximum Gasteiger partial charge on any atom is 0.338 e. The van der Waals surface area contributed by atoms with E-state index in [1.165, 1.54) is 34.8 Å². The van der Waals surface area contributed by atoms with Gasteiger partial charge in [0, 0.05) is 19.3 Å². The van der Waals surface area contributed by atoms with E-state index >= 15 is 0 Å². The molecule has 30 heavy (non-hydrogen) atoms. The van der Waals surface area contributed by atoms with Crippen molar-refractivity contribution in [3.8, 4) is 0 Å². The third kappa shape index (κ3) is 5.48. The average molecular weight is 474 g/mol. The lowest BCUT2D eigenvalue weighted by molar-refractivity contribution is -0.119. The third-order valence-corrected chi connectivity index (χ3v) is 7.10. The molecule has 1 amide bonds. The van der Waals surface area contributed by atoms with E-state index in [1.54, 1.807) is 20.8 Å². The van der Waals surface area contributed by atoms with Crippen LogP contribution >= 0.6 is 23.2 Å².